The van der Waals surface area contributed by atoms with E-state index in [0.29, 0.717) is 6.42 Å². The molecule has 1 N–H and O–H groups in total. The van der Waals surface area contributed by atoms with Gasteiger partial charge < -0.3 is 5.32 Å². The van der Waals surface area contributed by atoms with Crippen LogP contribution in [0.1, 0.15) is 90.9 Å². The molecule has 2 nitrogen and oxygen atoms in total. The van der Waals surface area contributed by atoms with E-state index >= 15 is 0 Å². The summed E-state index contributed by atoms with van der Waals surface area (Å²) >= 11 is 0. The second-order valence-electron chi connectivity index (χ2n) is 5.64. The smallest absolute Gasteiger partial charge is 0.223 e. The average molecular weight is 281 g/mol. The first-order valence-corrected chi connectivity index (χ1v) is 8.73. The van der Waals surface area contributed by atoms with Crippen molar-refractivity contribution in [1.82, 2.24) is 5.32 Å². The van der Waals surface area contributed by atoms with Crippen LogP contribution in [-0.2, 0) is 4.79 Å². The Morgan fingerprint density at radius 2 is 1.40 bits per heavy atom. The zero-order valence-electron chi connectivity index (χ0n) is 13.8. The van der Waals surface area contributed by atoms with Crippen molar-refractivity contribution in [2.24, 2.45) is 0 Å². The van der Waals surface area contributed by atoms with Gasteiger partial charge in [-0.1, -0.05) is 77.4 Å². The Labute approximate surface area is 126 Å². The molecule has 118 valence electrons. The van der Waals surface area contributed by atoms with Gasteiger partial charge in [0, 0.05) is 13.0 Å². The fraction of sp³-hybridized carbons (Fsp3) is 0.833. The van der Waals surface area contributed by atoms with Gasteiger partial charge in [0.15, 0.2) is 0 Å². The summed E-state index contributed by atoms with van der Waals surface area (Å²) in [6, 6.07) is 0. The van der Waals surface area contributed by atoms with Gasteiger partial charge in [0.25, 0.3) is 0 Å². The van der Waals surface area contributed by atoms with Crippen LogP contribution >= 0.6 is 0 Å². The molecule has 0 heterocycles. The highest BCUT2D eigenvalue weighted by molar-refractivity contribution is 5.77. The molecule has 0 bridgehead atoms. The zero-order valence-corrected chi connectivity index (χ0v) is 13.8. The number of unbranched alkanes of at least 4 members (excludes halogenated alkanes) is 9. The number of hydrogen-bond donors (Lipinski definition) is 1. The summed E-state index contributed by atoms with van der Waals surface area (Å²) in [5.74, 6) is 0.169. The lowest BCUT2D eigenvalue weighted by atomic mass is 10.1. The van der Waals surface area contributed by atoms with Crippen LogP contribution < -0.4 is 5.32 Å². The monoisotopic (exact) mass is 281 g/mol. The number of carbonyl (C=O) groups excluding carboxylic acids is 1. The molecular weight excluding hydrogens is 246 g/mol. The van der Waals surface area contributed by atoms with Crippen LogP contribution in [0.4, 0.5) is 0 Å². The molecule has 0 aromatic carbocycles. The van der Waals surface area contributed by atoms with Crippen molar-refractivity contribution in [3.63, 3.8) is 0 Å². The Balaban J connectivity index is 3.26. The molecule has 0 aliphatic heterocycles. The van der Waals surface area contributed by atoms with Gasteiger partial charge in [0.1, 0.15) is 0 Å². The van der Waals surface area contributed by atoms with Gasteiger partial charge >= 0.3 is 0 Å². The minimum Gasteiger partial charge on any atom is -0.356 e. The van der Waals surface area contributed by atoms with E-state index < -0.39 is 0 Å². The molecule has 0 saturated heterocycles. The van der Waals surface area contributed by atoms with Crippen LogP contribution in [0.25, 0.3) is 0 Å². The molecule has 0 spiro atoms. The third-order valence-electron chi connectivity index (χ3n) is 3.55. The largest absolute Gasteiger partial charge is 0.356 e. The van der Waals surface area contributed by atoms with E-state index in [0.717, 1.165) is 19.4 Å². The molecule has 0 radical (unpaired) electrons. The fourth-order valence-corrected chi connectivity index (χ4v) is 2.20. The Kier molecular flexibility index (Phi) is 15.6. The summed E-state index contributed by atoms with van der Waals surface area (Å²) in [6.45, 7) is 5.30. The second-order valence-corrected chi connectivity index (χ2v) is 5.64. The third-order valence-corrected chi connectivity index (χ3v) is 3.55. The molecule has 0 aliphatic carbocycles. The van der Waals surface area contributed by atoms with Gasteiger partial charge in [-0.15, -0.1) is 0 Å². The molecule has 0 atom stereocenters. The molecular formula is C18H35NO. The first-order valence-electron chi connectivity index (χ1n) is 8.73. The van der Waals surface area contributed by atoms with Gasteiger partial charge in [0.2, 0.25) is 5.91 Å². The maximum Gasteiger partial charge on any atom is 0.223 e. The Morgan fingerprint density at radius 3 is 2.05 bits per heavy atom. The Morgan fingerprint density at radius 1 is 0.800 bits per heavy atom. The van der Waals surface area contributed by atoms with Gasteiger partial charge in [-0.25, -0.2) is 0 Å². The summed E-state index contributed by atoms with van der Waals surface area (Å²) in [6.07, 6.45) is 18.7. The third kappa shape index (κ3) is 15.3. The average Bonchev–Trinajstić information content (AvgIpc) is 2.45. The van der Waals surface area contributed by atoms with Crippen molar-refractivity contribution in [3.8, 4) is 0 Å². The fourth-order valence-electron chi connectivity index (χ4n) is 2.20. The van der Waals surface area contributed by atoms with E-state index in [9.17, 15) is 4.79 Å². The highest BCUT2D eigenvalue weighted by Gasteiger charge is 1.96. The van der Waals surface area contributed by atoms with Crippen LogP contribution in [0, 0.1) is 0 Å². The normalized spacial score (nSPS) is 11.1. The predicted octanol–water partition coefficient (Wildman–Crippen LogP) is 5.38. The maximum absolute atomic E-state index is 11.5. The van der Waals surface area contributed by atoms with E-state index in [4.69, 9.17) is 0 Å². The molecule has 0 unspecified atom stereocenters. The highest BCUT2D eigenvalue weighted by Crippen LogP contribution is 2.05. The second kappa shape index (κ2) is 16.3. The van der Waals surface area contributed by atoms with Crippen LogP contribution in [0.5, 0.6) is 0 Å². The molecule has 0 aromatic heterocycles. The van der Waals surface area contributed by atoms with Crippen LogP contribution in [-0.4, -0.2) is 12.5 Å². The maximum atomic E-state index is 11.5. The van der Waals surface area contributed by atoms with Crippen molar-refractivity contribution in [2.45, 2.75) is 90.9 Å². The summed E-state index contributed by atoms with van der Waals surface area (Å²) in [5, 5.41) is 2.99. The van der Waals surface area contributed by atoms with Gasteiger partial charge in [-0.3, -0.25) is 4.79 Å². The Bertz CT molecular complexity index is 236. The van der Waals surface area contributed by atoms with Crippen molar-refractivity contribution in [2.75, 3.05) is 6.54 Å². The van der Waals surface area contributed by atoms with Crippen molar-refractivity contribution in [3.05, 3.63) is 12.2 Å². The zero-order chi connectivity index (χ0) is 14.9. The number of carbonyl (C=O) groups is 1. The number of hydrogen-bond acceptors (Lipinski definition) is 1. The number of amides is 1. The summed E-state index contributed by atoms with van der Waals surface area (Å²) in [7, 11) is 0. The van der Waals surface area contributed by atoms with Crippen molar-refractivity contribution in [1.29, 1.82) is 0 Å². The minimum atomic E-state index is 0.169. The molecule has 2 heteroatoms. The van der Waals surface area contributed by atoms with Crippen LogP contribution in [0.3, 0.4) is 0 Å². The quantitative estimate of drug-likeness (QED) is 0.336. The van der Waals surface area contributed by atoms with E-state index in [-0.39, 0.29) is 5.91 Å². The van der Waals surface area contributed by atoms with Crippen molar-refractivity contribution >= 4 is 5.91 Å². The topological polar surface area (TPSA) is 29.1 Å². The number of allylic oxidation sites excluding steroid dienone is 1. The van der Waals surface area contributed by atoms with Gasteiger partial charge in [-0.2, -0.15) is 0 Å². The number of nitrogens with one attached hydrogen (secondary N) is 1. The molecule has 20 heavy (non-hydrogen) atoms. The predicted molar refractivity (Wildman–Crippen MR) is 88.9 cm³/mol. The molecule has 0 saturated carbocycles. The molecule has 0 rings (SSSR count). The van der Waals surface area contributed by atoms with Gasteiger partial charge in [0.05, 0.1) is 0 Å². The van der Waals surface area contributed by atoms with E-state index in [2.05, 4.69) is 25.2 Å². The van der Waals surface area contributed by atoms with Crippen LogP contribution in [0.15, 0.2) is 12.2 Å². The van der Waals surface area contributed by atoms with Crippen molar-refractivity contribution < 1.29 is 4.79 Å². The first-order chi connectivity index (χ1) is 9.81. The lowest BCUT2D eigenvalue weighted by Crippen LogP contribution is -2.23. The summed E-state index contributed by atoms with van der Waals surface area (Å²) in [4.78, 5) is 11.5. The molecule has 0 aromatic rings. The number of rotatable bonds is 14. The molecule has 1 amide bonds. The summed E-state index contributed by atoms with van der Waals surface area (Å²) < 4.78 is 0. The first kappa shape index (κ1) is 19.2. The van der Waals surface area contributed by atoms with Crippen LogP contribution in [0.2, 0.25) is 0 Å². The molecule has 0 fully saturated rings. The van der Waals surface area contributed by atoms with E-state index in [1.165, 1.54) is 57.8 Å². The standard InChI is InChI=1S/C18H35NO/c1-3-5-7-9-10-11-12-14-16-18(20)19-17-15-13-8-6-4-2/h12,14H,3-11,13,15-17H2,1-2H3,(H,19,20)/b14-12+. The molecule has 0 aliphatic rings. The lowest BCUT2D eigenvalue weighted by molar-refractivity contribution is -0.120. The lowest BCUT2D eigenvalue weighted by Gasteiger charge is -2.03. The van der Waals surface area contributed by atoms with E-state index in [1.807, 2.05) is 6.08 Å². The highest BCUT2D eigenvalue weighted by atomic mass is 16.1. The SMILES string of the molecule is CCCCCCC/C=C/CC(=O)NCCCCCCC. The Hall–Kier alpha value is -0.790. The van der Waals surface area contributed by atoms with E-state index in [1.54, 1.807) is 0 Å². The summed E-state index contributed by atoms with van der Waals surface area (Å²) in [5.41, 5.74) is 0. The van der Waals surface area contributed by atoms with Gasteiger partial charge in [-0.05, 0) is 19.3 Å². The minimum absolute atomic E-state index is 0.169.